The van der Waals surface area contributed by atoms with E-state index in [0.29, 0.717) is 29.2 Å². The van der Waals surface area contributed by atoms with Crippen molar-refractivity contribution in [2.75, 3.05) is 14.2 Å². The number of amides is 2. The number of rotatable bonds is 9. The Morgan fingerprint density at radius 2 is 1.79 bits per heavy atom. The van der Waals surface area contributed by atoms with Crippen LogP contribution in [-0.4, -0.2) is 26.0 Å². The summed E-state index contributed by atoms with van der Waals surface area (Å²) in [5.74, 6) is 0.474. The molecule has 1 aromatic heterocycles. The molecular weight excluding hydrogens is 432 g/mol. The number of carbonyl (C=O) groups is 2. The molecule has 2 aromatic carbocycles. The fraction of sp³-hybridized carbons (Fsp3) is 0.259. The van der Waals surface area contributed by atoms with Crippen molar-refractivity contribution in [3.63, 3.8) is 0 Å². The molecule has 7 heteroatoms. The quantitative estimate of drug-likeness (QED) is 0.439. The minimum atomic E-state index is -0.464. The van der Waals surface area contributed by atoms with E-state index in [2.05, 4.69) is 16.7 Å². The third kappa shape index (κ3) is 5.86. The SMILES string of the molecule is CCC(NC(=O)/C(=C/c1ccco1)NC(=O)c1ccc(OC)c(OC)c1)c1ccc(C)cc1C. The van der Waals surface area contributed by atoms with Gasteiger partial charge in [0.1, 0.15) is 11.5 Å². The van der Waals surface area contributed by atoms with Crippen LogP contribution >= 0.6 is 0 Å². The zero-order valence-electron chi connectivity index (χ0n) is 20.1. The summed E-state index contributed by atoms with van der Waals surface area (Å²) < 4.78 is 15.9. The highest BCUT2D eigenvalue weighted by molar-refractivity contribution is 6.05. The molecule has 2 N–H and O–H groups in total. The van der Waals surface area contributed by atoms with Crippen molar-refractivity contribution in [1.82, 2.24) is 10.6 Å². The first kappa shape index (κ1) is 24.6. The van der Waals surface area contributed by atoms with Crippen molar-refractivity contribution < 1.29 is 23.5 Å². The fourth-order valence-corrected chi connectivity index (χ4v) is 3.70. The molecule has 3 rings (SSSR count). The van der Waals surface area contributed by atoms with Gasteiger partial charge >= 0.3 is 0 Å². The van der Waals surface area contributed by atoms with Crippen molar-refractivity contribution >= 4 is 17.9 Å². The van der Waals surface area contributed by atoms with Crippen molar-refractivity contribution in [1.29, 1.82) is 0 Å². The first-order valence-corrected chi connectivity index (χ1v) is 11.0. The first-order chi connectivity index (χ1) is 16.4. The Hall–Kier alpha value is -4.00. The minimum absolute atomic E-state index is 0.0675. The van der Waals surface area contributed by atoms with Gasteiger partial charge in [0, 0.05) is 11.6 Å². The summed E-state index contributed by atoms with van der Waals surface area (Å²) in [6, 6.07) is 14.1. The van der Waals surface area contributed by atoms with Gasteiger partial charge in [0.15, 0.2) is 11.5 Å². The summed E-state index contributed by atoms with van der Waals surface area (Å²) in [6.45, 7) is 6.06. The first-order valence-electron chi connectivity index (χ1n) is 11.0. The van der Waals surface area contributed by atoms with E-state index < -0.39 is 11.8 Å². The predicted molar refractivity (Wildman–Crippen MR) is 131 cm³/mol. The molecule has 0 saturated heterocycles. The highest BCUT2D eigenvalue weighted by Gasteiger charge is 2.21. The van der Waals surface area contributed by atoms with Crippen molar-refractivity contribution in [2.45, 2.75) is 33.2 Å². The molecule has 178 valence electrons. The van der Waals surface area contributed by atoms with E-state index >= 15 is 0 Å². The molecule has 0 radical (unpaired) electrons. The van der Waals surface area contributed by atoms with Crippen LogP contribution < -0.4 is 20.1 Å². The summed E-state index contributed by atoms with van der Waals surface area (Å²) in [5, 5.41) is 5.76. The maximum Gasteiger partial charge on any atom is 0.268 e. The average molecular weight is 463 g/mol. The summed E-state index contributed by atoms with van der Waals surface area (Å²) in [5.41, 5.74) is 3.67. The van der Waals surface area contributed by atoms with Gasteiger partial charge in [-0.1, -0.05) is 30.7 Å². The molecule has 7 nitrogen and oxygen atoms in total. The van der Waals surface area contributed by atoms with E-state index in [1.54, 1.807) is 30.3 Å². The number of furan rings is 1. The standard InChI is InChI=1S/C27H30N2O5/c1-6-22(21-11-9-17(2)14-18(21)3)28-27(31)23(16-20-8-7-13-34-20)29-26(30)19-10-12-24(32-4)25(15-19)33-5/h7-16,22H,6H2,1-5H3,(H,28,31)(H,29,30)/b23-16-. The Kier molecular flexibility index (Phi) is 8.14. The molecule has 0 saturated carbocycles. The van der Waals surface area contributed by atoms with Crippen LogP contribution in [0.2, 0.25) is 0 Å². The molecule has 2 amide bonds. The summed E-state index contributed by atoms with van der Waals surface area (Å²) in [4.78, 5) is 26.3. The van der Waals surface area contributed by atoms with Crippen molar-refractivity contribution in [3.05, 3.63) is 88.5 Å². The smallest absolute Gasteiger partial charge is 0.268 e. The molecule has 0 spiro atoms. The van der Waals surface area contributed by atoms with Gasteiger partial charge < -0.3 is 24.5 Å². The molecule has 1 heterocycles. The van der Waals surface area contributed by atoms with E-state index in [1.807, 2.05) is 32.9 Å². The summed E-state index contributed by atoms with van der Waals surface area (Å²) >= 11 is 0. The van der Waals surface area contributed by atoms with E-state index in [4.69, 9.17) is 13.9 Å². The van der Waals surface area contributed by atoms with Crippen LogP contribution in [0.3, 0.4) is 0 Å². The number of nitrogens with one attached hydrogen (secondary N) is 2. The number of carbonyl (C=O) groups excluding carboxylic acids is 2. The average Bonchev–Trinajstić information content (AvgIpc) is 3.35. The molecule has 0 aliphatic carbocycles. The van der Waals surface area contributed by atoms with Crippen molar-refractivity contribution in [3.8, 4) is 11.5 Å². The number of benzene rings is 2. The monoisotopic (exact) mass is 462 g/mol. The third-order valence-electron chi connectivity index (χ3n) is 5.48. The third-order valence-corrected chi connectivity index (χ3v) is 5.48. The second kappa shape index (κ2) is 11.2. The number of hydrogen-bond donors (Lipinski definition) is 2. The fourth-order valence-electron chi connectivity index (χ4n) is 3.70. The normalized spacial score (nSPS) is 12.1. The van der Waals surface area contributed by atoms with Gasteiger partial charge in [-0.3, -0.25) is 9.59 Å². The lowest BCUT2D eigenvalue weighted by molar-refractivity contribution is -0.118. The molecule has 3 aromatic rings. The Balaban J connectivity index is 1.87. The molecule has 1 atom stereocenters. The molecule has 0 aliphatic heterocycles. The maximum absolute atomic E-state index is 13.3. The highest BCUT2D eigenvalue weighted by Crippen LogP contribution is 2.28. The number of ether oxygens (including phenoxy) is 2. The van der Waals surface area contributed by atoms with Crippen LogP contribution in [0.25, 0.3) is 6.08 Å². The Morgan fingerprint density at radius 1 is 1.03 bits per heavy atom. The minimum Gasteiger partial charge on any atom is -0.493 e. The highest BCUT2D eigenvalue weighted by atomic mass is 16.5. The van der Waals surface area contributed by atoms with Crippen LogP contribution in [0.5, 0.6) is 11.5 Å². The largest absolute Gasteiger partial charge is 0.493 e. The Bertz CT molecular complexity index is 1180. The van der Waals surface area contributed by atoms with E-state index in [-0.39, 0.29) is 11.7 Å². The lowest BCUT2D eigenvalue weighted by Crippen LogP contribution is -2.37. The molecular formula is C27H30N2O5. The zero-order valence-corrected chi connectivity index (χ0v) is 20.1. The topological polar surface area (TPSA) is 89.8 Å². The number of aryl methyl sites for hydroxylation is 2. The number of methoxy groups -OCH3 is 2. The lowest BCUT2D eigenvalue weighted by atomic mass is 9.97. The van der Waals surface area contributed by atoms with Crippen LogP contribution in [-0.2, 0) is 4.79 Å². The second-order valence-corrected chi connectivity index (χ2v) is 7.89. The Morgan fingerprint density at radius 3 is 2.41 bits per heavy atom. The number of hydrogen-bond acceptors (Lipinski definition) is 5. The molecule has 1 unspecified atom stereocenters. The van der Waals surface area contributed by atoms with Gasteiger partial charge in [0.05, 0.1) is 26.5 Å². The van der Waals surface area contributed by atoms with Gasteiger partial charge in [-0.05, 0) is 61.7 Å². The molecule has 0 aliphatic rings. The van der Waals surface area contributed by atoms with Crippen molar-refractivity contribution in [2.24, 2.45) is 0 Å². The Labute approximate surface area is 199 Å². The van der Waals surface area contributed by atoms with Gasteiger partial charge in [-0.25, -0.2) is 0 Å². The van der Waals surface area contributed by atoms with Gasteiger partial charge in [0.2, 0.25) is 0 Å². The maximum atomic E-state index is 13.3. The van der Waals surface area contributed by atoms with E-state index in [1.165, 1.54) is 26.6 Å². The van der Waals surface area contributed by atoms with Crippen LogP contribution in [0.4, 0.5) is 0 Å². The van der Waals surface area contributed by atoms with Crippen LogP contribution in [0, 0.1) is 13.8 Å². The van der Waals surface area contributed by atoms with Crippen LogP contribution in [0.1, 0.15) is 52.2 Å². The van der Waals surface area contributed by atoms with E-state index in [9.17, 15) is 9.59 Å². The van der Waals surface area contributed by atoms with E-state index in [0.717, 1.165) is 16.7 Å². The van der Waals surface area contributed by atoms with Gasteiger partial charge in [0.25, 0.3) is 11.8 Å². The van der Waals surface area contributed by atoms with Gasteiger partial charge in [-0.15, -0.1) is 0 Å². The summed E-state index contributed by atoms with van der Waals surface area (Å²) in [6.07, 6.45) is 3.69. The molecule has 0 fully saturated rings. The summed E-state index contributed by atoms with van der Waals surface area (Å²) in [7, 11) is 3.01. The lowest BCUT2D eigenvalue weighted by Gasteiger charge is -2.21. The molecule has 0 bridgehead atoms. The second-order valence-electron chi connectivity index (χ2n) is 7.89. The van der Waals surface area contributed by atoms with Gasteiger partial charge in [-0.2, -0.15) is 0 Å². The zero-order chi connectivity index (χ0) is 24.7. The van der Waals surface area contributed by atoms with Crippen LogP contribution in [0.15, 0.2) is 64.9 Å². The predicted octanol–water partition coefficient (Wildman–Crippen LogP) is 4.95. The molecule has 34 heavy (non-hydrogen) atoms.